The highest BCUT2D eigenvalue weighted by atomic mass is 32.2. The topological polar surface area (TPSA) is 107 Å². The molecule has 2 aliphatic rings. The maximum atomic E-state index is 6.66. The van der Waals surface area contributed by atoms with Gasteiger partial charge in [-0.25, -0.2) is 9.97 Å². The number of nitrogens with two attached hydrogens (primary N) is 2. The first kappa shape index (κ1) is 19.3. The van der Waals surface area contributed by atoms with Crippen molar-refractivity contribution in [3.05, 3.63) is 59.8 Å². The molecule has 154 valence electrons. The van der Waals surface area contributed by atoms with Gasteiger partial charge in [-0.2, -0.15) is 0 Å². The van der Waals surface area contributed by atoms with Crippen LogP contribution in [0.1, 0.15) is 35.8 Å². The third kappa shape index (κ3) is 3.30. The molecule has 0 aromatic carbocycles. The van der Waals surface area contributed by atoms with E-state index in [0.29, 0.717) is 10.8 Å². The second kappa shape index (κ2) is 7.52. The molecule has 0 saturated carbocycles. The summed E-state index contributed by atoms with van der Waals surface area (Å²) in [6, 6.07) is 8.10. The van der Waals surface area contributed by atoms with Gasteiger partial charge in [0, 0.05) is 42.1 Å². The molecule has 3 aromatic rings. The molecule has 0 radical (unpaired) electrons. The van der Waals surface area contributed by atoms with E-state index in [1.807, 2.05) is 37.5 Å². The Kier molecular flexibility index (Phi) is 4.83. The minimum Gasteiger partial charge on any atom is -0.381 e. The van der Waals surface area contributed by atoms with Gasteiger partial charge < -0.3 is 16.4 Å². The molecule has 0 bridgehead atoms. The van der Waals surface area contributed by atoms with Crippen molar-refractivity contribution in [2.45, 2.75) is 42.1 Å². The molecule has 1 saturated heterocycles. The van der Waals surface area contributed by atoms with Gasteiger partial charge in [-0.1, -0.05) is 17.8 Å². The van der Waals surface area contributed by atoms with Crippen LogP contribution in [0.15, 0.2) is 52.8 Å². The van der Waals surface area contributed by atoms with Crippen LogP contribution < -0.4 is 16.4 Å². The SMILES string of the molecule is Cc1ncccc1Sc1ncc(N2CCC3(CC2)Cc2ncccc2[C@H]3N)nc1N. The van der Waals surface area contributed by atoms with Crippen molar-refractivity contribution >= 4 is 23.4 Å². The highest BCUT2D eigenvalue weighted by Gasteiger charge is 2.46. The fourth-order valence-corrected chi connectivity index (χ4v) is 5.43. The van der Waals surface area contributed by atoms with Gasteiger partial charge in [-0.3, -0.25) is 9.97 Å². The Morgan fingerprint density at radius 3 is 2.60 bits per heavy atom. The second-order valence-electron chi connectivity index (χ2n) is 8.15. The van der Waals surface area contributed by atoms with E-state index in [1.54, 1.807) is 6.20 Å². The second-order valence-corrected chi connectivity index (χ2v) is 9.18. The van der Waals surface area contributed by atoms with Crippen LogP contribution in [0.3, 0.4) is 0 Å². The largest absolute Gasteiger partial charge is 0.381 e. The summed E-state index contributed by atoms with van der Waals surface area (Å²) >= 11 is 1.50. The first-order valence-electron chi connectivity index (χ1n) is 10.2. The predicted octanol–water partition coefficient (Wildman–Crippen LogP) is 3.15. The van der Waals surface area contributed by atoms with Gasteiger partial charge in [0.05, 0.1) is 11.9 Å². The number of aromatic nitrogens is 4. The Bertz CT molecular complexity index is 1080. The van der Waals surface area contributed by atoms with Crippen LogP contribution >= 0.6 is 11.8 Å². The monoisotopic (exact) mass is 419 g/mol. The first-order valence-corrected chi connectivity index (χ1v) is 11.0. The molecule has 0 amide bonds. The van der Waals surface area contributed by atoms with Gasteiger partial charge in [0.1, 0.15) is 10.8 Å². The van der Waals surface area contributed by atoms with E-state index in [9.17, 15) is 0 Å². The molecule has 5 rings (SSSR count). The van der Waals surface area contributed by atoms with E-state index in [1.165, 1.54) is 17.3 Å². The zero-order chi connectivity index (χ0) is 20.7. The maximum absolute atomic E-state index is 6.66. The molecule has 1 aliphatic carbocycles. The van der Waals surface area contributed by atoms with Crippen molar-refractivity contribution in [2.24, 2.45) is 11.1 Å². The number of nitrogen functional groups attached to an aromatic ring is 1. The summed E-state index contributed by atoms with van der Waals surface area (Å²) in [5.41, 5.74) is 16.3. The Hall–Kier alpha value is -2.71. The van der Waals surface area contributed by atoms with Crippen molar-refractivity contribution in [1.29, 1.82) is 0 Å². The average Bonchev–Trinajstić information content (AvgIpc) is 3.03. The molecule has 1 atom stereocenters. The smallest absolute Gasteiger partial charge is 0.158 e. The third-order valence-electron chi connectivity index (χ3n) is 6.44. The van der Waals surface area contributed by atoms with Gasteiger partial charge in [0.15, 0.2) is 5.82 Å². The molecular weight excluding hydrogens is 394 g/mol. The Morgan fingerprint density at radius 1 is 1.10 bits per heavy atom. The summed E-state index contributed by atoms with van der Waals surface area (Å²) in [6.45, 7) is 3.76. The lowest BCUT2D eigenvalue weighted by Gasteiger charge is -2.42. The van der Waals surface area contributed by atoms with Crippen LogP contribution in [0.5, 0.6) is 0 Å². The van der Waals surface area contributed by atoms with Crippen LogP contribution in [0.2, 0.25) is 0 Å². The first-order chi connectivity index (χ1) is 14.6. The number of rotatable bonds is 3. The number of pyridine rings is 2. The summed E-state index contributed by atoms with van der Waals surface area (Å²) in [4.78, 5) is 21.4. The summed E-state index contributed by atoms with van der Waals surface area (Å²) < 4.78 is 0. The van der Waals surface area contributed by atoms with Crippen LogP contribution in [-0.2, 0) is 6.42 Å². The van der Waals surface area contributed by atoms with E-state index in [2.05, 4.69) is 30.9 Å². The Morgan fingerprint density at radius 2 is 1.87 bits per heavy atom. The van der Waals surface area contributed by atoms with Crippen molar-refractivity contribution < 1.29 is 0 Å². The number of nitrogens with zero attached hydrogens (tertiary/aromatic N) is 5. The zero-order valence-electron chi connectivity index (χ0n) is 17.0. The molecule has 1 aliphatic heterocycles. The van der Waals surface area contributed by atoms with Crippen LogP contribution in [0.25, 0.3) is 0 Å². The molecule has 4 N–H and O–H groups in total. The fraction of sp³-hybridized carbons (Fsp3) is 0.364. The molecule has 1 spiro atoms. The average molecular weight is 420 g/mol. The summed E-state index contributed by atoms with van der Waals surface area (Å²) in [7, 11) is 0. The number of fused-ring (bicyclic) bond motifs is 1. The number of anilines is 2. The van der Waals surface area contributed by atoms with E-state index < -0.39 is 0 Å². The zero-order valence-corrected chi connectivity index (χ0v) is 17.8. The molecular formula is C22H25N7S. The Labute approximate surface area is 180 Å². The quantitative estimate of drug-likeness (QED) is 0.667. The van der Waals surface area contributed by atoms with Gasteiger partial charge in [0.2, 0.25) is 0 Å². The lowest BCUT2D eigenvalue weighted by molar-refractivity contribution is 0.186. The van der Waals surface area contributed by atoms with Crippen LogP contribution in [-0.4, -0.2) is 33.0 Å². The fourth-order valence-electron chi connectivity index (χ4n) is 4.62. The predicted molar refractivity (Wildman–Crippen MR) is 118 cm³/mol. The van der Waals surface area contributed by atoms with E-state index in [0.717, 1.165) is 54.5 Å². The molecule has 4 heterocycles. The lowest BCUT2D eigenvalue weighted by atomic mass is 9.73. The van der Waals surface area contributed by atoms with Crippen molar-refractivity contribution in [2.75, 3.05) is 23.7 Å². The molecule has 30 heavy (non-hydrogen) atoms. The van der Waals surface area contributed by atoms with E-state index >= 15 is 0 Å². The number of hydrogen-bond donors (Lipinski definition) is 2. The Balaban J connectivity index is 1.29. The number of hydrogen-bond acceptors (Lipinski definition) is 8. The van der Waals surface area contributed by atoms with Crippen molar-refractivity contribution in [3.8, 4) is 0 Å². The van der Waals surface area contributed by atoms with Crippen LogP contribution in [0.4, 0.5) is 11.6 Å². The standard InChI is InChI=1S/C22H25N7S/c1-14-17(5-3-8-25-14)30-21-20(24)28-18(13-27-21)29-10-6-22(7-11-29)12-16-15(19(22)23)4-2-9-26-16/h2-5,8-9,13,19H,6-7,10-12,23H2,1H3,(H2,24,28)/t19-/m1/s1. The maximum Gasteiger partial charge on any atom is 0.158 e. The molecule has 8 heteroatoms. The minimum absolute atomic E-state index is 0.0565. The van der Waals surface area contributed by atoms with Gasteiger partial charge >= 0.3 is 0 Å². The van der Waals surface area contributed by atoms with Gasteiger partial charge in [0.25, 0.3) is 0 Å². The normalized spacial score (nSPS) is 19.8. The summed E-state index contributed by atoms with van der Waals surface area (Å²) in [5, 5.41) is 0.711. The molecule has 3 aromatic heterocycles. The minimum atomic E-state index is 0.0565. The molecule has 0 unspecified atom stereocenters. The van der Waals surface area contributed by atoms with Crippen molar-refractivity contribution in [3.63, 3.8) is 0 Å². The van der Waals surface area contributed by atoms with Gasteiger partial charge in [-0.15, -0.1) is 0 Å². The van der Waals surface area contributed by atoms with E-state index in [4.69, 9.17) is 11.5 Å². The summed E-state index contributed by atoms with van der Waals surface area (Å²) in [6.07, 6.45) is 8.46. The molecule has 1 fully saturated rings. The molecule has 7 nitrogen and oxygen atoms in total. The number of aryl methyl sites for hydroxylation is 1. The highest BCUT2D eigenvalue weighted by molar-refractivity contribution is 7.99. The van der Waals surface area contributed by atoms with Crippen LogP contribution in [0, 0.1) is 12.3 Å². The summed E-state index contributed by atoms with van der Waals surface area (Å²) in [5.74, 6) is 1.28. The van der Waals surface area contributed by atoms with Crippen molar-refractivity contribution in [1.82, 2.24) is 19.9 Å². The number of piperidine rings is 1. The van der Waals surface area contributed by atoms with Gasteiger partial charge in [-0.05, 0) is 55.4 Å². The highest BCUT2D eigenvalue weighted by Crippen LogP contribution is 2.50. The third-order valence-corrected chi connectivity index (χ3v) is 7.60. The lowest BCUT2D eigenvalue weighted by Crippen LogP contribution is -2.44. The van der Waals surface area contributed by atoms with E-state index in [-0.39, 0.29) is 11.5 Å².